The summed E-state index contributed by atoms with van der Waals surface area (Å²) in [5, 5.41) is 7.55. The van der Waals surface area contributed by atoms with Crippen molar-refractivity contribution in [1.82, 2.24) is 10.6 Å². The fraction of sp³-hybridized carbons (Fsp3) is 0.562. The molecule has 1 aliphatic carbocycles. The number of rotatable bonds is 4. The molecule has 20 heavy (non-hydrogen) atoms. The Hall–Kier alpha value is -1.29. The number of hydrogen-bond acceptors (Lipinski definition) is 2. The van der Waals surface area contributed by atoms with Crippen molar-refractivity contribution < 1.29 is 4.74 Å². The van der Waals surface area contributed by atoms with Gasteiger partial charge >= 0.3 is 0 Å². The van der Waals surface area contributed by atoms with Gasteiger partial charge in [0.05, 0.1) is 13.2 Å². The Morgan fingerprint density at radius 3 is 2.75 bits per heavy atom. The predicted molar refractivity (Wildman–Crippen MR) is 87.2 cm³/mol. The number of thiocarbonyl (C=S) groups is 1. The largest absolute Gasteiger partial charge is 0.497 e. The molecule has 1 fully saturated rings. The minimum Gasteiger partial charge on any atom is -0.497 e. The van der Waals surface area contributed by atoms with E-state index in [1.807, 2.05) is 18.2 Å². The van der Waals surface area contributed by atoms with Crippen LogP contribution in [0.15, 0.2) is 24.3 Å². The van der Waals surface area contributed by atoms with Crippen LogP contribution >= 0.6 is 12.2 Å². The number of methoxy groups -OCH3 is 1. The van der Waals surface area contributed by atoms with Crippen molar-refractivity contribution in [2.75, 3.05) is 7.11 Å². The first kappa shape index (κ1) is 15.1. The Kier molecular flexibility index (Phi) is 5.65. The molecule has 0 spiro atoms. The monoisotopic (exact) mass is 292 g/mol. The van der Waals surface area contributed by atoms with E-state index < -0.39 is 0 Å². The van der Waals surface area contributed by atoms with Crippen LogP contribution in [0.25, 0.3) is 0 Å². The molecule has 0 aromatic heterocycles. The van der Waals surface area contributed by atoms with Gasteiger partial charge in [-0.1, -0.05) is 31.4 Å². The molecule has 2 N–H and O–H groups in total. The molecule has 0 heterocycles. The number of benzene rings is 1. The van der Waals surface area contributed by atoms with Crippen LogP contribution in [0, 0.1) is 0 Å². The zero-order valence-electron chi connectivity index (χ0n) is 12.3. The molecule has 0 radical (unpaired) electrons. The highest BCUT2D eigenvalue weighted by Gasteiger charge is 2.15. The van der Waals surface area contributed by atoms with Crippen molar-refractivity contribution >= 4 is 17.3 Å². The van der Waals surface area contributed by atoms with Crippen molar-refractivity contribution in [3.63, 3.8) is 0 Å². The number of hydrogen-bond donors (Lipinski definition) is 2. The molecule has 1 unspecified atom stereocenters. The average Bonchev–Trinajstić information content (AvgIpc) is 2.48. The lowest BCUT2D eigenvalue weighted by molar-refractivity contribution is 0.410. The highest BCUT2D eigenvalue weighted by Crippen LogP contribution is 2.19. The summed E-state index contributed by atoms with van der Waals surface area (Å²) in [6.45, 7) is 2.11. The van der Waals surface area contributed by atoms with E-state index in [4.69, 9.17) is 17.0 Å². The first-order valence-corrected chi connectivity index (χ1v) is 7.81. The molecule has 1 aromatic carbocycles. The Bertz CT molecular complexity index is 444. The topological polar surface area (TPSA) is 33.3 Å². The second-order valence-electron chi connectivity index (χ2n) is 5.45. The SMILES string of the molecule is COc1cccc(C(C)NC(=S)NC2CCCCC2)c1. The third-order valence-corrected chi connectivity index (χ3v) is 4.12. The van der Waals surface area contributed by atoms with Gasteiger partial charge in [0.2, 0.25) is 0 Å². The van der Waals surface area contributed by atoms with Crippen molar-refractivity contribution in [1.29, 1.82) is 0 Å². The van der Waals surface area contributed by atoms with Gasteiger partial charge in [0.25, 0.3) is 0 Å². The third kappa shape index (κ3) is 4.37. The Morgan fingerprint density at radius 2 is 2.05 bits per heavy atom. The van der Waals surface area contributed by atoms with Gasteiger partial charge in [0.15, 0.2) is 5.11 Å². The molecule has 110 valence electrons. The van der Waals surface area contributed by atoms with E-state index in [-0.39, 0.29) is 6.04 Å². The summed E-state index contributed by atoms with van der Waals surface area (Å²) < 4.78 is 5.26. The first-order chi connectivity index (χ1) is 9.69. The van der Waals surface area contributed by atoms with Gasteiger partial charge in [0, 0.05) is 6.04 Å². The van der Waals surface area contributed by atoms with Crippen LogP contribution in [0.4, 0.5) is 0 Å². The summed E-state index contributed by atoms with van der Waals surface area (Å²) in [7, 11) is 1.69. The van der Waals surface area contributed by atoms with Crippen molar-refractivity contribution in [3.8, 4) is 5.75 Å². The van der Waals surface area contributed by atoms with Crippen LogP contribution in [0.1, 0.15) is 50.6 Å². The number of ether oxygens (including phenoxy) is 1. The van der Waals surface area contributed by atoms with Gasteiger partial charge in [-0.15, -0.1) is 0 Å². The minimum absolute atomic E-state index is 0.175. The molecule has 4 heteroatoms. The maximum atomic E-state index is 5.42. The van der Waals surface area contributed by atoms with Crippen LogP contribution in [0.5, 0.6) is 5.75 Å². The van der Waals surface area contributed by atoms with Gasteiger partial charge in [-0.05, 0) is 49.7 Å². The lowest BCUT2D eigenvalue weighted by Gasteiger charge is -2.26. The molecule has 1 saturated carbocycles. The molecule has 3 nitrogen and oxygen atoms in total. The maximum Gasteiger partial charge on any atom is 0.166 e. The van der Waals surface area contributed by atoms with Gasteiger partial charge < -0.3 is 15.4 Å². The van der Waals surface area contributed by atoms with Crippen LogP contribution in [0.2, 0.25) is 0 Å². The Balaban J connectivity index is 1.86. The van der Waals surface area contributed by atoms with E-state index in [0.29, 0.717) is 6.04 Å². The maximum absolute atomic E-state index is 5.42. The summed E-state index contributed by atoms with van der Waals surface area (Å²) in [4.78, 5) is 0. The van der Waals surface area contributed by atoms with Crippen LogP contribution in [0.3, 0.4) is 0 Å². The normalized spacial score (nSPS) is 17.3. The van der Waals surface area contributed by atoms with Crippen LogP contribution in [-0.4, -0.2) is 18.3 Å². The zero-order valence-corrected chi connectivity index (χ0v) is 13.1. The van der Waals surface area contributed by atoms with Crippen molar-refractivity contribution in [2.45, 2.75) is 51.1 Å². The van der Waals surface area contributed by atoms with Gasteiger partial charge in [0.1, 0.15) is 5.75 Å². The highest BCUT2D eigenvalue weighted by molar-refractivity contribution is 7.80. The standard InChI is InChI=1S/C16H24N2OS/c1-12(13-7-6-10-15(11-13)19-2)17-16(20)18-14-8-4-3-5-9-14/h6-7,10-12,14H,3-5,8-9H2,1-2H3,(H2,17,18,20). The fourth-order valence-electron chi connectivity index (χ4n) is 2.66. The second-order valence-corrected chi connectivity index (χ2v) is 5.86. The number of nitrogens with one attached hydrogen (secondary N) is 2. The summed E-state index contributed by atoms with van der Waals surface area (Å²) in [6.07, 6.45) is 6.45. The van der Waals surface area contributed by atoms with Gasteiger partial charge in [-0.3, -0.25) is 0 Å². The highest BCUT2D eigenvalue weighted by atomic mass is 32.1. The van der Waals surface area contributed by atoms with E-state index in [2.05, 4.69) is 23.6 Å². The van der Waals surface area contributed by atoms with Crippen LogP contribution < -0.4 is 15.4 Å². The molecule has 1 atom stereocenters. The molecule has 1 aromatic rings. The van der Waals surface area contributed by atoms with Crippen LogP contribution in [-0.2, 0) is 0 Å². The molecule has 0 saturated heterocycles. The Morgan fingerprint density at radius 1 is 1.30 bits per heavy atom. The molecule has 0 aliphatic heterocycles. The smallest absolute Gasteiger partial charge is 0.166 e. The van der Waals surface area contributed by atoms with E-state index in [1.165, 1.54) is 37.7 Å². The predicted octanol–water partition coefficient (Wildman–Crippen LogP) is 3.55. The van der Waals surface area contributed by atoms with Gasteiger partial charge in [-0.2, -0.15) is 0 Å². The zero-order chi connectivity index (χ0) is 14.4. The molecule has 0 amide bonds. The average molecular weight is 292 g/mol. The summed E-state index contributed by atoms with van der Waals surface area (Å²) >= 11 is 5.42. The summed E-state index contributed by atoms with van der Waals surface area (Å²) in [6, 6.07) is 8.80. The van der Waals surface area contributed by atoms with Crippen molar-refractivity contribution in [3.05, 3.63) is 29.8 Å². The van der Waals surface area contributed by atoms with E-state index >= 15 is 0 Å². The lowest BCUT2D eigenvalue weighted by Crippen LogP contribution is -2.43. The van der Waals surface area contributed by atoms with E-state index in [9.17, 15) is 0 Å². The summed E-state index contributed by atoms with van der Waals surface area (Å²) in [5.74, 6) is 0.877. The lowest BCUT2D eigenvalue weighted by atomic mass is 9.96. The van der Waals surface area contributed by atoms with Crippen molar-refractivity contribution in [2.24, 2.45) is 0 Å². The third-order valence-electron chi connectivity index (χ3n) is 3.88. The molecule has 0 bridgehead atoms. The summed E-state index contributed by atoms with van der Waals surface area (Å²) in [5.41, 5.74) is 1.18. The first-order valence-electron chi connectivity index (χ1n) is 7.40. The Labute approximate surface area is 127 Å². The molecular weight excluding hydrogens is 268 g/mol. The second kappa shape index (κ2) is 7.48. The minimum atomic E-state index is 0.175. The van der Waals surface area contributed by atoms with E-state index in [0.717, 1.165) is 10.9 Å². The fourth-order valence-corrected chi connectivity index (χ4v) is 3.01. The van der Waals surface area contributed by atoms with Gasteiger partial charge in [-0.25, -0.2) is 0 Å². The van der Waals surface area contributed by atoms with E-state index in [1.54, 1.807) is 7.11 Å². The molecule has 2 rings (SSSR count). The molecule has 1 aliphatic rings. The molecular formula is C16H24N2OS. The quantitative estimate of drug-likeness (QED) is 0.832.